The predicted octanol–water partition coefficient (Wildman–Crippen LogP) is 4.54. The van der Waals surface area contributed by atoms with E-state index in [0.717, 1.165) is 31.0 Å². The summed E-state index contributed by atoms with van der Waals surface area (Å²) in [6, 6.07) is 8.45. The van der Waals surface area contributed by atoms with Gasteiger partial charge in [-0.3, -0.25) is 0 Å². The second kappa shape index (κ2) is 6.17. The van der Waals surface area contributed by atoms with Crippen LogP contribution in [-0.4, -0.2) is 13.1 Å². The fourth-order valence-corrected chi connectivity index (χ4v) is 2.93. The van der Waals surface area contributed by atoms with Crippen molar-refractivity contribution in [3.05, 3.63) is 48.3 Å². The third kappa shape index (κ3) is 2.90. The van der Waals surface area contributed by atoms with Gasteiger partial charge >= 0.3 is 0 Å². The first-order valence-electron chi connectivity index (χ1n) is 7.73. The van der Waals surface area contributed by atoms with E-state index in [0.29, 0.717) is 5.92 Å². The number of rotatable bonds is 3. The summed E-state index contributed by atoms with van der Waals surface area (Å²) in [5.41, 5.74) is 1.25. The van der Waals surface area contributed by atoms with Crippen molar-refractivity contribution < 1.29 is 4.74 Å². The molecule has 1 fully saturated rings. The molecular weight excluding hydrogens is 246 g/mol. The van der Waals surface area contributed by atoms with E-state index in [9.17, 15) is 0 Å². The van der Waals surface area contributed by atoms with Crippen molar-refractivity contribution in [1.82, 2.24) is 0 Å². The van der Waals surface area contributed by atoms with Crippen molar-refractivity contribution >= 4 is 5.69 Å². The number of allylic oxidation sites excluding steroid dienone is 4. The van der Waals surface area contributed by atoms with Gasteiger partial charge in [0, 0.05) is 19.0 Å². The van der Waals surface area contributed by atoms with Crippen molar-refractivity contribution in [3.63, 3.8) is 0 Å². The van der Waals surface area contributed by atoms with E-state index < -0.39 is 0 Å². The number of hydrogen-bond donors (Lipinski definition) is 0. The first-order chi connectivity index (χ1) is 9.84. The molecule has 3 rings (SSSR count). The molecule has 0 saturated carbocycles. The third-order valence-corrected chi connectivity index (χ3v) is 4.16. The molecule has 106 valence electrons. The van der Waals surface area contributed by atoms with Crippen molar-refractivity contribution in [2.24, 2.45) is 5.92 Å². The fraction of sp³-hybridized carbons (Fsp3) is 0.444. The number of nitrogens with zero attached hydrogens (tertiary/aromatic N) is 1. The molecule has 0 N–H and O–H groups in total. The SMILES string of the molecule is CC1CC=CC=C1Oc1ccccc1N1CCCCC1. The Labute approximate surface area is 121 Å². The first-order valence-corrected chi connectivity index (χ1v) is 7.73. The normalized spacial score (nSPS) is 22.6. The predicted molar refractivity (Wildman–Crippen MR) is 84.1 cm³/mol. The van der Waals surface area contributed by atoms with Gasteiger partial charge in [-0.2, -0.15) is 0 Å². The molecule has 0 bridgehead atoms. The van der Waals surface area contributed by atoms with Crippen LogP contribution in [0.2, 0.25) is 0 Å². The number of anilines is 1. The van der Waals surface area contributed by atoms with Gasteiger partial charge in [-0.15, -0.1) is 0 Å². The number of ether oxygens (including phenoxy) is 1. The third-order valence-electron chi connectivity index (χ3n) is 4.16. The highest BCUT2D eigenvalue weighted by atomic mass is 16.5. The first kappa shape index (κ1) is 13.3. The standard InChI is InChI=1S/C18H23NO/c1-15-9-3-5-11-17(15)20-18-12-6-4-10-16(18)19-13-7-2-8-14-19/h3-6,10-12,15H,2,7-9,13-14H2,1H3. The minimum atomic E-state index is 0.467. The maximum absolute atomic E-state index is 6.22. The molecule has 0 spiro atoms. The van der Waals surface area contributed by atoms with Crippen LogP contribution in [0.25, 0.3) is 0 Å². The van der Waals surface area contributed by atoms with Crippen LogP contribution in [0.3, 0.4) is 0 Å². The van der Waals surface area contributed by atoms with E-state index in [1.807, 2.05) is 0 Å². The largest absolute Gasteiger partial charge is 0.459 e. The van der Waals surface area contributed by atoms with Gasteiger partial charge in [0.15, 0.2) is 0 Å². The van der Waals surface area contributed by atoms with Crippen molar-refractivity contribution in [2.45, 2.75) is 32.6 Å². The van der Waals surface area contributed by atoms with Gasteiger partial charge in [-0.25, -0.2) is 0 Å². The lowest BCUT2D eigenvalue weighted by Crippen LogP contribution is -2.29. The summed E-state index contributed by atoms with van der Waals surface area (Å²) < 4.78 is 6.22. The molecule has 1 aromatic carbocycles. The van der Waals surface area contributed by atoms with E-state index in [-0.39, 0.29) is 0 Å². The van der Waals surface area contributed by atoms with Crippen LogP contribution in [0.1, 0.15) is 32.6 Å². The lowest BCUT2D eigenvalue weighted by molar-refractivity contribution is 0.355. The van der Waals surface area contributed by atoms with E-state index in [4.69, 9.17) is 4.74 Å². The van der Waals surface area contributed by atoms with Crippen LogP contribution < -0.4 is 9.64 Å². The zero-order valence-electron chi connectivity index (χ0n) is 12.2. The highest BCUT2D eigenvalue weighted by molar-refractivity contribution is 5.59. The van der Waals surface area contributed by atoms with Crippen molar-refractivity contribution in [1.29, 1.82) is 0 Å². The van der Waals surface area contributed by atoms with Crippen LogP contribution in [0, 0.1) is 5.92 Å². The number of para-hydroxylation sites is 2. The summed E-state index contributed by atoms with van der Waals surface area (Å²) in [7, 11) is 0. The highest BCUT2D eigenvalue weighted by Crippen LogP contribution is 2.33. The van der Waals surface area contributed by atoms with Crippen LogP contribution in [0.5, 0.6) is 5.75 Å². The van der Waals surface area contributed by atoms with E-state index in [1.54, 1.807) is 0 Å². The molecule has 20 heavy (non-hydrogen) atoms. The Morgan fingerprint density at radius 1 is 1.10 bits per heavy atom. The highest BCUT2D eigenvalue weighted by Gasteiger charge is 2.18. The Morgan fingerprint density at radius 3 is 2.70 bits per heavy atom. The van der Waals surface area contributed by atoms with E-state index in [2.05, 4.69) is 54.3 Å². The molecule has 2 heteroatoms. The smallest absolute Gasteiger partial charge is 0.150 e. The zero-order valence-corrected chi connectivity index (χ0v) is 12.2. The van der Waals surface area contributed by atoms with Crippen LogP contribution in [0.15, 0.2) is 48.3 Å². The summed E-state index contributed by atoms with van der Waals surface area (Å²) in [5, 5.41) is 0. The fourth-order valence-electron chi connectivity index (χ4n) is 2.93. The van der Waals surface area contributed by atoms with Gasteiger partial charge in [0.1, 0.15) is 11.5 Å². The average Bonchev–Trinajstić information content (AvgIpc) is 2.51. The summed E-state index contributed by atoms with van der Waals surface area (Å²) in [4.78, 5) is 2.46. The van der Waals surface area contributed by atoms with Gasteiger partial charge in [-0.1, -0.05) is 31.2 Å². The summed E-state index contributed by atoms with van der Waals surface area (Å²) in [5.74, 6) is 2.55. The molecular formula is C18H23NO. The van der Waals surface area contributed by atoms with Gasteiger partial charge in [0.25, 0.3) is 0 Å². The Hall–Kier alpha value is -1.70. The molecule has 1 aromatic rings. The quantitative estimate of drug-likeness (QED) is 0.799. The van der Waals surface area contributed by atoms with E-state index >= 15 is 0 Å². The van der Waals surface area contributed by atoms with Gasteiger partial charge in [0.2, 0.25) is 0 Å². The minimum absolute atomic E-state index is 0.467. The average molecular weight is 269 g/mol. The van der Waals surface area contributed by atoms with Crippen LogP contribution >= 0.6 is 0 Å². The Kier molecular flexibility index (Phi) is 4.10. The van der Waals surface area contributed by atoms with Gasteiger partial charge in [0.05, 0.1) is 5.69 Å². The molecule has 2 nitrogen and oxygen atoms in total. The zero-order chi connectivity index (χ0) is 13.8. The van der Waals surface area contributed by atoms with Gasteiger partial charge < -0.3 is 9.64 Å². The van der Waals surface area contributed by atoms with Crippen LogP contribution in [-0.2, 0) is 0 Å². The number of benzene rings is 1. The summed E-state index contributed by atoms with van der Waals surface area (Å²) >= 11 is 0. The molecule has 1 aliphatic heterocycles. The second-order valence-electron chi connectivity index (χ2n) is 5.75. The number of hydrogen-bond acceptors (Lipinski definition) is 2. The molecule has 1 aliphatic carbocycles. The molecule has 0 amide bonds. The molecule has 0 radical (unpaired) electrons. The Bertz CT molecular complexity index is 512. The number of piperidine rings is 1. The monoisotopic (exact) mass is 269 g/mol. The maximum atomic E-state index is 6.22. The minimum Gasteiger partial charge on any atom is -0.459 e. The van der Waals surface area contributed by atoms with E-state index in [1.165, 1.54) is 24.9 Å². The summed E-state index contributed by atoms with van der Waals surface area (Å²) in [6.07, 6.45) is 11.4. The molecule has 1 unspecified atom stereocenters. The topological polar surface area (TPSA) is 12.5 Å². The molecule has 1 atom stereocenters. The Balaban J connectivity index is 1.82. The summed E-state index contributed by atoms with van der Waals surface area (Å²) in [6.45, 7) is 4.52. The van der Waals surface area contributed by atoms with Gasteiger partial charge in [-0.05, 0) is 43.9 Å². The molecule has 2 aliphatic rings. The molecule has 1 saturated heterocycles. The lowest BCUT2D eigenvalue weighted by atomic mass is 10.0. The maximum Gasteiger partial charge on any atom is 0.150 e. The van der Waals surface area contributed by atoms with Crippen molar-refractivity contribution in [2.75, 3.05) is 18.0 Å². The second-order valence-corrected chi connectivity index (χ2v) is 5.75. The molecule has 1 heterocycles. The van der Waals surface area contributed by atoms with Crippen molar-refractivity contribution in [3.8, 4) is 5.75 Å². The molecule has 0 aromatic heterocycles. The van der Waals surface area contributed by atoms with Crippen LogP contribution in [0.4, 0.5) is 5.69 Å². The lowest BCUT2D eigenvalue weighted by Gasteiger charge is -2.31. The Morgan fingerprint density at radius 2 is 1.90 bits per heavy atom.